The molecule has 2 atom stereocenters. The van der Waals surface area contributed by atoms with Gasteiger partial charge in [0.25, 0.3) is 5.56 Å². The van der Waals surface area contributed by atoms with Crippen molar-refractivity contribution in [3.63, 3.8) is 0 Å². The summed E-state index contributed by atoms with van der Waals surface area (Å²) in [4.78, 5) is 25.6. The molecular formula is C20H20F3N5O4. The third-order valence-corrected chi connectivity index (χ3v) is 5.18. The number of hydroxylamine groups is 1. The van der Waals surface area contributed by atoms with Gasteiger partial charge in [-0.15, -0.1) is 0 Å². The SMILES string of the molecule is CC(O)(C(CCn1ccc(-c2ccc(-n3nccn3)cc2)cc1=O)C(=O)NO)C(F)(F)F. The zero-order valence-electron chi connectivity index (χ0n) is 16.8. The van der Waals surface area contributed by atoms with Crippen molar-refractivity contribution in [2.75, 3.05) is 0 Å². The van der Waals surface area contributed by atoms with Crippen LogP contribution < -0.4 is 11.0 Å². The van der Waals surface area contributed by atoms with Crippen molar-refractivity contribution in [3.05, 3.63) is 65.3 Å². The normalized spacial score (nSPS) is 14.6. The summed E-state index contributed by atoms with van der Waals surface area (Å²) >= 11 is 0. The smallest absolute Gasteiger partial charge is 0.380 e. The maximum atomic E-state index is 13.2. The van der Waals surface area contributed by atoms with Crippen LogP contribution in [-0.4, -0.2) is 47.6 Å². The van der Waals surface area contributed by atoms with Crippen molar-refractivity contribution in [3.8, 4) is 16.8 Å². The van der Waals surface area contributed by atoms with Crippen LogP contribution >= 0.6 is 0 Å². The minimum Gasteiger partial charge on any atom is -0.380 e. The molecule has 3 rings (SSSR count). The summed E-state index contributed by atoms with van der Waals surface area (Å²) in [7, 11) is 0. The van der Waals surface area contributed by atoms with Gasteiger partial charge in [-0.2, -0.15) is 28.2 Å². The van der Waals surface area contributed by atoms with Crippen LogP contribution in [0.4, 0.5) is 13.2 Å². The Hall–Kier alpha value is -3.51. The molecule has 12 heteroatoms. The number of nitrogens with zero attached hydrogens (tertiary/aromatic N) is 4. The van der Waals surface area contributed by atoms with Crippen molar-refractivity contribution >= 4 is 5.91 Å². The molecule has 3 N–H and O–H groups in total. The molecule has 0 radical (unpaired) electrons. The standard InChI is InChI=1S/C20H20F3N5O4/c1-19(31,20(21,22)23)16(18(30)26-32)7-11-27-10-6-14(12-17(27)29)13-2-4-15(5-3-13)28-24-8-9-25-28/h2-6,8-10,12,16,31-32H,7,11H2,1H3,(H,26,30). The van der Waals surface area contributed by atoms with Gasteiger partial charge in [-0.25, -0.2) is 5.48 Å². The molecule has 0 spiro atoms. The van der Waals surface area contributed by atoms with Crippen LogP contribution in [-0.2, 0) is 11.3 Å². The van der Waals surface area contributed by atoms with Crippen molar-refractivity contribution in [1.82, 2.24) is 25.0 Å². The van der Waals surface area contributed by atoms with Gasteiger partial charge in [0.2, 0.25) is 5.91 Å². The fourth-order valence-electron chi connectivity index (χ4n) is 3.22. The van der Waals surface area contributed by atoms with Crippen molar-refractivity contribution in [1.29, 1.82) is 0 Å². The largest absolute Gasteiger partial charge is 0.417 e. The molecule has 170 valence electrons. The van der Waals surface area contributed by atoms with Gasteiger partial charge in [0.05, 0.1) is 24.0 Å². The molecule has 2 aromatic heterocycles. The molecule has 0 bridgehead atoms. The van der Waals surface area contributed by atoms with Crippen LogP contribution in [0.1, 0.15) is 13.3 Å². The van der Waals surface area contributed by atoms with E-state index < -0.39 is 35.6 Å². The summed E-state index contributed by atoms with van der Waals surface area (Å²) in [6, 6.07) is 9.96. The number of aryl methyl sites for hydroxylation is 1. The highest BCUT2D eigenvalue weighted by Crippen LogP contribution is 2.37. The molecule has 0 saturated heterocycles. The van der Waals surface area contributed by atoms with Gasteiger partial charge < -0.3 is 9.67 Å². The predicted octanol–water partition coefficient (Wildman–Crippen LogP) is 1.92. The predicted molar refractivity (Wildman–Crippen MR) is 106 cm³/mol. The van der Waals surface area contributed by atoms with Gasteiger partial charge >= 0.3 is 6.18 Å². The number of aliphatic hydroxyl groups is 1. The molecule has 1 aromatic carbocycles. The molecule has 0 saturated carbocycles. The van der Waals surface area contributed by atoms with E-state index in [1.165, 1.54) is 29.5 Å². The van der Waals surface area contributed by atoms with Gasteiger partial charge in [-0.1, -0.05) is 12.1 Å². The molecule has 2 heterocycles. The van der Waals surface area contributed by atoms with Crippen molar-refractivity contribution < 1.29 is 28.3 Å². The maximum Gasteiger partial charge on any atom is 0.417 e. The second-order valence-corrected chi connectivity index (χ2v) is 7.28. The highest BCUT2D eigenvalue weighted by atomic mass is 19.4. The quantitative estimate of drug-likeness (QED) is 0.373. The summed E-state index contributed by atoms with van der Waals surface area (Å²) in [6.07, 6.45) is -1.19. The third-order valence-electron chi connectivity index (χ3n) is 5.18. The molecule has 9 nitrogen and oxygen atoms in total. The summed E-state index contributed by atoms with van der Waals surface area (Å²) in [5.41, 5.74) is -0.731. The lowest BCUT2D eigenvalue weighted by Gasteiger charge is -2.33. The highest BCUT2D eigenvalue weighted by molar-refractivity contribution is 5.78. The second-order valence-electron chi connectivity index (χ2n) is 7.28. The number of carbonyl (C=O) groups excluding carboxylic acids is 1. The number of halogens is 3. The first-order valence-electron chi connectivity index (χ1n) is 9.45. The van der Waals surface area contributed by atoms with E-state index in [4.69, 9.17) is 5.21 Å². The van der Waals surface area contributed by atoms with Crippen LogP contribution in [0.2, 0.25) is 0 Å². The summed E-state index contributed by atoms with van der Waals surface area (Å²) in [5, 5.41) is 26.7. The molecular weight excluding hydrogens is 431 g/mol. The Labute approximate surface area is 179 Å². The highest BCUT2D eigenvalue weighted by Gasteiger charge is 2.57. The molecule has 1 amide bonds. The Morgan fingerprint density at radius 1 is 1.12 bits per heavy atom. The van der Waals surface area contributed by atoms with Gasteiger partial charge in [0.1, 0.15) is 0 Å². The van der Waals surface area contributed by atoms with E-state index in [0.717, 1.165) is 21.3 Å². The van der Waals surface area contributed by atoms with Crippen LogP contribution in [0, 0.1) is 5.92 Å². The average Bonchev–Trinajstić information content (AvgIpc) is 3.28. The number of carbonyl (C=O) groups is 1. The summed E-state index contributed by atoms with van der Waals surface area (Å²) in [5.74, 6) is -3.42. The zero-order valence-corrected chi connectivity index (χ0v) is 16.8. The number of benzene rings is 1. The Bertz CT molecular complexity index is 1130. The van der Waals surface area contributed by atoms with E-state index in [2.05, 4.69) is 10.2 Å². The number of pyridine rings is 1. The molecule has 2 unspecified atom stereocenters. The number of rotatable bonds is 7. The molecule has 32 heavy (non-hydrogen) atoms. The second kappa shape index (κ2) is 8.93. The van der Waals surface area contributed by atoms with E-state index in [1.54, 1.807) is 30.3 Å². The average molecular weight is 451 g/mol. The number of aromatic nitrogens is 4. The number of alkyl halides is 3. The van der Waals surface area contributed by atoms with E-state index in [0.29, 0.717) is 12.5 Å². The minimum atomic E-state index is -5.11. The Morgan fingerprint density at radius 3 is 2.28 bits per heavy atom. The molecule has 0 aliphatic carbocycles. The van der Waals surface area contributed by atoms with Gasteiger partial charge in [0.15, 0.2) is 5.60 Å². The summed E-state index contributed by atoms with van der Waals surface area (Å²) < 4.78 is 40.6. The lowest BCUT2D eigenvalue weighted by molar-refractivity contribution is -0.271. The summed E-state index contributed by atoms with van der Waals surface area (Å²) in [6.45, 7) is 0.161. The monoisotopic (exact) mass is 451 g/mol. The third kappa shape index (κ3) is 4.70. The van der Waals surface area contributed by atoms with E-state index in [-0.39, 0.29) is 6.54 Å². The van der Waals surface area contributed by atoms with E-state index in [1.807, 2.05) is 0 Å². The van der Waals surface area contributed by atoms with Crippen LogP contribution in [0.15, 0.2) is 59.8 Å². The first-order valence-corrected chi connectivity index (χ1v) is 9.45. The van der Waals surface area contributed by atoms with Crippen LogP contribution in [0.25, 0.3) is 16.8 Å². The van der Waals surface area contributed by atoms with Crippen molar-refractivity contribution in [2.45, 2.75) is 31.7 Å². The molecule has 0 aliphatic heterocycles. The van der Waals surface area contributed by atoms with Gasteiger partial charge in [0, 0.05) is 18.8 Å². The number of hydrogen-bond acceptors (Lipinski definition) is 6. The molecule has 3 aromatic rings. The van der Waals surface area contributed by atoms with Crippen LogP contribution in [0.3, 0.4) is 0 Å². The zero-order chi connectivity index (χ0) is 23.5. The Morgan fingerprint density at radius 2 is 1.75 bits per heavy atom. The maximum absolute atomic E-state index is 13.2. The molecule has 0 aliphatic rings. The Kier molecular flexibility index (Phi) is 6.46. The topological polar surface area (TPSA) is 122 Å². The number of amides is 1. The van der Waals surface area contributed by atoms with E-state index in [9.17, 15) is 27.9 Å². The van der Waals surface area contributed by atoms with Gasteiger partial charge in [-0.3, -0.25) is 14.8 Å². The van der Waals surface area contributed by atoms with Crippen molar-refractivity contribution in [2.24, 2.45) is 5.92 Å². The van der Waals surface area contributed by atoms with E-state index >= 15 is 0 Å². The van der Waals surface area contributed by atoms with Crippen LogP contribution in [0.5, 0.6) is 0 Å². The fraction of sp³-hybridized carbons (Fsp3) is 0.300. The fourth-order valence-corrected chi connectivity index (χ4v) is 3.22. The first kappa shape index (κ1) is 23.2. The lowest BCUT2D eigenvalue weighted by atomic mass is 9.85. The minimum absolute atomic E-state index is 0.284. The number of hydrogen-bond donors (Lipinski definition) is 3. The number of nitrogens with one attached hydrogen (secondary N) is 1. The first-order chi connectivity index (χ1) is 15.0. The molecule has 0 fully saturated rings. The Balaban J connectivity index is 1.77. The lowest BCUT2D eigenvalue weighted by Crippen LogP contribution is -2.54. The van der Waals surface area contributed by atoms with Gasteiger partial charge in [-0.05, 0) is 42.7 Å².